The van der Waals surface area contributed by atoms with Crippen LogP contribution in [0.1, 0.15) is 63.8 Å². The third-order valence-corrected chi connectivity index (χ3v) is 5.64. The summed E-state index contributed by atoms with van der Waals surface area (Å²) in [4.78, 5) is 4.62. The van der Waals surface area contributed by atoms with Crippen molar-refractivity contribution < 1.29 is 4.52 Å². The van der Waals surface area contributed by atoms with Crippen LogP contribution in [-0.4, -0.2) is 35.2 Å². The lowest BCUT2D eigenvalue weighted by atomic mass is 9.99. The molecule has 1 aliphatic rings. The summed E-state index contributed by atoms with van der Waals surface area (Å²) in [5.41, 5.74) is 1.06. The zero-order valence-electron chi connectivity index (χ0n) is 14.6. The molecule has 0 bridgehead atoms. The van der Waals surface area contributed by atoms with Gasteiger partial charge in [0.15, 0.2) is 11.7 Å². The van der Waals surface area contributed by atoms with Gasteiger partial charge in [-0.2, -0.15) is 11.8 Å². The molecule has 0 radical (unpaired) electrons. The second-order valence-corrected chi connectivity index (χ2v) is 7.35. The Labute approximate surface area is 144 Å². The van der Waals surface area contributed by atoms with Crippen LogP contribution in [0.3, 0.4) is 0 Å². The van der Waals surface area contributed by atoms with Crippen molar-refractivity contribution in [3.05, 3.63) is 17.5 Å². The Morgan fingerprint density at radius 2 is 2.22 bits per heavy atom. The molecule has 0 spiro atoms. The number of thioether (sulfide) groups is 1. The topological polar surface area (TPSA) is 62.5 Å². The second kappa shape index (κ2) is 9.85. The standard InChI is InChI=1S/C17H30N4OS/c1-4-13(5-2)16-10-14(22-21-16)11-19-17(18-6-3)20-12-15-8-7-9-23-15/h10,13,15H,4-9,11-12H2,1-3H3,(H2,18,19,20). The third kappa shape index (κ3) is 5.75. The predicted molar refractivity (Wildman–Crippen MR) is 98.1 cm³/mol. The van der Waals surface area contributed by atoms with Crippen molar-refractivity contribution in [2.45, 2.75) is 64.2 Å². The quantitative estimate of drug-likeness (QED) is 0.561. The van der Waals surface area contributed by atoms with Crippen LogP contribution >= 0.6 is 11.8 Å². The van der Waals surface area contributed by atoms with E-state index in [2.05, 4.69) is 59.4 Å². The van der Waals surface area contributed by atoms with Gasteiger partial charge in [0.05, 0.1) is 5.69 Å². The third-order valence-electron chi connectivity index (χ3n) is 4.24. The summed E-state index contributed by atoms with van der Waals surface area (Å²) in [6.07, 6.45) is 4.82. The Kier molecular flexibility index (Phi) is 7.79. The van der Waals surface area contributed by atoms with Gasteiger partial charge in [-0.25, -0.2) is 4.99 Å². The van der Waals surface area contributed by atoms with Crippen LogP contribution in [0.4, 0.5) is 0 Å². The lowest BCUT2D eigenvalue weighted by Crippen LogP contribution is -2.40. The highest BCUT2D eigenvalue weighted by Crippen LogP contribution is 2.25. The van der Waals surface area contributed by atoms with Crippen LogP contribution < -0.4 is 10.6 Å². The van der Waals surface area contributed by atoms with Gasteiger partial charge in [0.2, 0.25) is 0 Å². The second-order valence-electron chi connectivity index (χ2n) is 5.94. The minimum absolute atomic E-state index is 0.488. The summed E-state index contributed by atoms with van der Waals surface area (Å²) in [7, 11) is 0. The summed E-state index contributed by atoms with van der Waals surface area (Å²) >= 11 is 2.05. The van der Waals surface area contributed by atoms with Crippen LogP contribution in [0.2, 0.25) is 0 Å². The van der Waals surface area contributed by atoms with Crippen molar-refractivity contribution >= 4 is 17.7 Å². The van der Waals surface area contributed by atoms with E-state index in [1.54, 1.807) is 0 Å². The molecule has 0 amide bonds. The molecule has 1 aliphatic heterocycles. The Hall–Kier alpha value is -1.17. The molecule has 1 aromatic heterocycles. The largest absolute Gasteiger partial charge is 0.359 e. The number of rotatable bonds is 8. The van der Waals surface area contributed by atoms with Gasteiger partial charge in [0, 0.05) is 30.3 Å². The van der Waals surface area contributed by atoms with Gasteiger partial charge in [-0.05, 0) is 38.4 Å². The number of hydrogen-bond acceptors (Lipinski definition) is 4. The van der Waals surface area contributed by atoms with Crippen molar-refractivity contribution in [2.24, 2.45) is 4.99 Å². The van der Waals surface area contributed by atoms with E-state index in [1.165, 1.54) is 18.6 Å². The van der Waals surface area contributed by atoms with Crippen molar-refractivity contribution in [3.63, 3.8) is 0 Å². The van der Waals surface area contributed by atoms with Gasteiger partial charge in [-0.3, -0.25) is 0 Å². The summed E-state index contributed by atoms with van der Waals surface area (Å²) < 4.78 is 5.44. The fraction of sp³-hybridized carbons (Fsp3) is 0.765. The molecule has 2 heterocycles. The number of guanidine groups is 1. The lowest BCUT2D eigenvalue weighted by Gasteiger charge is -2.14. The maximum atomic E-state index is 5.44. The van der Waals surface area contributed by atoms with Gasteiger partial charge >= 0.3 is 0 Å². The van der Waals surface area contributed by atoms with Crippen LogP contribution in [-0.2, 0) is 6.54 Å². The number of hydrogen-bond donors (Lipinski definition) is 2. The monoisotopic (exact) mass is 338 g/mol. The van der Waals surface area contributed by atoms with Crippen LogP contribution in [0, 0.1) is 0 Å². The van der Waals surface area contributed by atoms with Gasteiger partial charge in [0.1, 0.15) is 6.54 Å². The van der Waals surface area contributed by atoms with E-state index in [0.29, 0.717) is 17.7 Å². The zero-order chi connectivity index (χ0) is 16.5. The SMILES string of the molecule is CCNC(=NCc1cc(C(CC)CC)no1)NCC1CCCS1. The summed E-state index contributed by atoms with van der Waals surface area (Å²) in [5, 5.41) is 11.7. The first-order valence-corrected chi connectivity index (χ1v) is 9.90. The molecule has 130 valence electrons. The number of nitrogens with one attached hydrogen (secondary N) is 2. The van der Waals surface area contributed by atoms with E-state index in [4.69, 9.17) is 4.52 Å². The highest BCUT2D eigenvalue weighted by atomic mass is 32.2. The molecule has 1 fully saturated rings. The van der Waals surface area contributed by atoms with Crippen LogP contribution in [0.15, 0.2) is 15.6 Å². The van der Waals surface area contributed by atoms with Crippen LogP contribution in [0.25, 0.3) is 0 Å². The van der Waals surface area contributed by atoms with E-state index < -0.39 is 0 Å². The molecule has 0 aromatic carbocycles. The van der Waals surface area contributed by atoms with Crippen molar-refractivity contribution in [1.29, 1.82) is 0 Å². The molecule has 0 saturated carbocycles. The molecular formula is C17H30N4OS. The Bertz CT molecular complexity index is 479. The zero-order valence-corrected chi connectivity index (χ0v) is 15.4. The maximum Gasteiger partial charge on any atom is 0.191 e. The minimum Gasteiger partial charge on any atom is -0.359 e. The Balaban J connectivity index is 1.88. The van der Waals surface area contributed by atoms with E-state index in [-0.39, 0.29) is 0 Å². The molecule has 1 unspecified atom stereocenters. The van der Waals surface area contributed by atoms with E-state index in [9.17, 15) is 0 Å². The predicted octanol–water partition coefficient (Wildman–Crippen LogP) is 3.53. The van der Waals surface area contributed by atoms with E-state index >= 15 is 0 Å². The normalized spacial score (nSPS) is 18.6. The van der Waals surface area contributed by atoms with Crippen molar-refractivity contribution in [1.82, 2.24) is 15.8 Å². The molecule has 1 aromatic rings. The minimum atomic E-state index is 0.488. The molecule has 1 saturated heterocycles. The molecule has 6 heteroatoms. The van der Waals surface area contributed by atoms with Gasteiger partial charge in [-0.15, -0.1) is 0 Å². The first kappa shape index (κ1) is 18.2. The molecule has 5 nitrogen and oxygen atoms in total. The number of aliphatic imine (C=N–C) groups is 1. The lowest BCUT2D eigenvalue weighted by molar-refractivity contribution is 0.372. The Morgan fingerprint density at radius 3 is 2.87 bits per heavy atom. The fourth-order valence-electron chi connectivity index (χ4n) is 2.82. The molecule has 1 atom stereocenters. The molecule has 0 aliphatic carbocycles. The molecule has 2 rings (SSSR count). The first-order valence-electron chi connectivity index (χ1n) is 8.86. The van der Waals surface area contributed by atoms with Crippen LogP contribution in [0.5, 0.6) is 0 Å². The fourth-order valence-corrected chi connectivity index (χ4v) is 4.02. The van der Waals surface area contributed by atoms with E-state index in [0.717, 1.165) is 43.3 Å². The highest BCUT2D eigenvalue weighted by molar-refractivity contribution is 8.00. The number of nitrogens with zero attached hydrogens (tertiary/aromatic N) is 2. The summed E-state index contributed by atoms with van der Waals surface area (Å²) in [6.45, 7) is 8.83. The Morgan fingerprint density at radius 1 is 1.39 bits per heavy atom. The average Bonchev–Trinajstić information content (AvgIpc) is 3.23. The van der Waals surface area contributed by atoms with Gasteiger partial charge < -0.3 is 15.2 Å². The average molecular weight is 339 g/mol. The highest BCUT2D eigenvalue weighted by Gasteiger charge is 2.16. The molecular weight excluding hydrogens is 308 g/mol. The van der Waals surface area contributed by atoms with Gasteiger partial charge in [-0.1, -0.05) is 19.0 Å². The number of aromatic nitrogens is 1. The first-order chi connectivity index (χ1) is 11.3. The van der Waals surface area contributed by atoms with E-state index in [1.807, 2.05) is 0 Å². The van der Waals surface area contributed by atoms with Gasteiger partial charge in [0.25, 0.3) is 0 Å². The smallest absolute Gasteiger partial charge is 0.191 e. The van der Waals surface area contributed by atoms with Crippen molar-refractivity contribution in [2.75, 3.05) is 18.8 Å². The van der Waals surface area contributed by atoms with Crippen molar-refractivity contribution in [3.8, 4) is 0 Å². The molecule has 23 heavy (non-hydrogen) atoms. The summed E-state index contributed by atoms with van der Waals surface area (Å²) in [6, 6.07) is 2.05. The molecule has 2 N–H and O–H groups in total. The summed E-state index contributed by atoms with van der Waals surface area (Å²) in [5.74, 6) is 3.47. The maximum absolute atomic E-state index is 5.44.